The number of para-hydroxylation sites is 2. The van der Waals surface area contributed by atoms with Gasteiger partial charge < -0.3 is 18.9 Å². The highest BCUT2D eigenvalue weighted by molar-refractivity contribution is 5.94. The van der Waals surface area contributed by atoms with Crippen LogP contribution in [0.4, 0.5) is 0 Å². The smallest absolute Gasteiger partial charge is 0.361 e. The van der Waals surface area contributed by atoms with E-state index in [4.69, 9.17) is 18.9 Å². The molecule has 0 unspecified atom stereocenters. The van der Waals surface area contributed by atoms with Gasteiger partial charge in [0, 0.05) is 11.1 Å². The number of methoxy groups -OCH3 is 2. The first-order chi connectivity index (χ1) is 13.7. The highest BCUT2D eigenvalue weighted by Crippen LogP contribution is 2.31. The van der Waals surface area contributed by atoms with E-state index in [0.29, 0.717) is 28.5 Å². The highest BCUT2D eigenvalue weighted by atomic mass is 16.5. The number of carbonyl (C=O) groups is 1. The Balaban J connectivity index is 1.89. The Labute approximate surface area is 162 Å². The van der Waals surface area contributed by atoms with Crippen LogP contribution in [-0.4, -0.2) is 42.2 Å². The van der Waals surface area contributed by atoms with Gasteiger partial charge in [-0.2, -0.15) is 10.3 Å². The Morgan fingerprint density at radius 2 is 1.75 bits per heavy atom. The molecule has 0 aliphatic heterocycles. The van der Waals surface area contributed by atoms with E-state index in [0.717, 1.165) is 5.56 Å². The molecule has 2 aromatic carbocycles. The van der Waals surface area contributed by atoms with Crippen molar-refractivity contribution < 1.29 is 23.7 Å². The maximum atomic E-state index is 12.1. The highest BCUT2D eigenvalue weighted by Gasteiger charge is 2.20. The van der Waals surface area contributed by atoms with Crippen molar-refractivity contribution in [3.05, 3.63) is 53.7 Å². The number of H-pyrrole nitrogens is 1. The molecule has 28 heavy (non-hydrogen) atoms. The molecule has 0 radical (unpaired) electrons. The van der Waals surface area contributed by atoms with Crippen molar-refractivity contribution in [1.29, 1.82) is 0 Å². The van der Waals surface area contributed by atoms with E-state index in [2.05, 4.69) is 15.4 Å². The zero-order chi connectivity index (χ0) is 19.9. The maximum absolute atomic E-state index is 12.1. The molecule has 1 heterocycles. The van der Waals surface area contributed by atoms with Crippen molar-refractivity contribution in [2.75, 3.05) is 20.8 Å². The molecule has 1 N–H and O–H groups in total. The van der Waals surface area contributed by atoms with Gasteiger partial charge in [-0.25, -0.2) is 4.79 Å². The third kappa shape index (κ3) is 4.06. The Kier molecular flexibility index (Phi) is 6.11. The normalized spacial score (nSPS) is 10.4. The summed E-state index contributed by atoms with van der Waals surface area (Å²) in [6.45, 7) is 2.23. The second kappa shape index (κ2) is 8.90. The minimum absolute atomic E-state index is 0.128. The van der Waals surface area contributed by atoms with Crippen LogP contribution in [0.15, 0.2) is 42.5 Å². The predicted molar refractivity (Wildman–Crippen MR) is 102 cm³/mol. The second-order valence-electron chi connectivity index (χ2n) is 5.71. The van der Waals surface area contributed by atoms with Crippen LogP contribution in [0.25, 0.3) is 11.3 Å². The molecular formula is C20H21N3O5. The summed E-state index contributed by atoms with van der Waals surface area (Å²) in [5.74, 6) is 1.37. The first kappa shape index (κ1) is 19.2. The monoisotopic (exact) mass is 383 g/mol. The van der Waals surface area contributed by atoms with E-state index in [-0.39, 0.29) is 18.9 Å². The molecule has 8 nitrogen and oxygen atoms in total. The van der Waals surface area contributed by atoms with Crippen LogP contribution in [0.2, 0.25) is 0 Å². The molecule has 0 bridgehead atoms. The topological polar surface area (TPSA) is 95.6 Å². The van der Waals surface area contributed by atoms with Crippen molar-refractivity contribution in [2.24, 2.45) is 0 Å². The molecule has 0 fully saturated rings. The van der Waals surface area contributed by atoms with E-state index >= 15 is 0 Å². The molecule has 3 aromatic rings. The van der Waals surface area contributed by atoms with Crippen molar-refractivity contribution in [1.82, 2.24) is 15.4 Å². The van der Waals surface area contributed by atoms with Crippen LogP contribution in [0.1, 0.15) is 23.0 Å². The van der Waals surface area contributed by atoms with Crippen molar-refractivity contribution in [3.63, 3.8) is 0 Å². The summed E-state index contributed by atoms with van der Waals surface area (Å²) in [6.07, 6.45) is 0. The summed E-state index contributed by atoms with van der Waals surface area (Å²) in [5, 5.41) is 10.5. The summed E-state index contributed by atoms with van der Waals surface area (Å²) >= 11 is 0. The van der Waals surface area contributed by atoms with Crippen LogP contribution in [0.3, 0.4) is 0 Å². The van der Waals surface area contributed by atoms with E-state index in [1.54, 1.807) is 33.3 Å². The Hall–Kier alpha value is -3.55. The number of rotatable bonds is 8. The largest absolute Gasteiger partial charge is 0.496 e. The average Bonchev–Trinajstić information content (AvgIpc) is 3.22. The van der Waals surface area contributed by atoms with Gasteiger partial charge in [0.05, 0.1) is 20.8 Å². The Bertz CT molecular complexity index is 955. The number of aromatic nitrogens is 3. The van der Waals surface area contributed by atoms with E-state index < -0.39 is 5.97 Å². The number of nitrogens with one attached hydrogen (secondary N) is 1. The summed E-state index contributed by atoms with van der Waals surface area (Å²) in [5.41, 5.74) is 2.00. The fraction of sp³-hybridized carbons (Fsp3) is 0.250. The lowest BCUT2D eigenvalue weighted by atomic mass is 10.1. The number of benzene rings is 2. The van der Waals surface area contributed by atoms with Gasteiger partial charge in [0.1, 0.15) is 18.1 Å². The van der Waals surface area contributed by atoms with Crippen molar-refractivity contribution >= 4 is 5.97 Å². The summed E-state index contributed by atoms with van der Waals surface area (Å²) in [7, 11) is 3.17. The Morgan fingerprint density at radius 1 is 1.00 bits per heavy atom. The third-order valence-corrected chi connectivity index (χ3v) is 4.02. The number of hydrogen-bond donors (Lipinski definition) is 1. The lowest BCUT2D eigenvalue weighted by molar-refractivity contribution is 0.0520. The van der Waals surface area contributed by atoms with Crippen LogP contribution >= 0.6 is 0 Å². The molecule has 8 heteroatoms. The van der Waals surface area contributed by atoms with Crippen molar-refractivity contribution in [2.45, 2.75) is 13.5 Å². The molecule has 146 valence electrons. The fourth-order valence-corrected chi connectivity index (χ4v) is 2.71. The van der Waals surface area contributed by atoms with E-state index in [1.165, 1.54) is 0 Å². The Morgan fingerprint density at radius 3 is 2.46 bits per heavy atom. The standard InChI is InChI=1S/C20H21N3O5/c1-4-27-20(24)19-18(21-23-22-19)13-9-10-15(25-2)14(11-13)12-28-17-8-6-5-7-16(17)26-3/h5-11H,4,12H2,1-3H3,(H,21,22,23). The number of esters is 1. The lowest BCUT2D eigenvalue weighted by Crippen LogP contribution is -2.07. The summed E-state index contributed by atoms with van der Waals surface area (Å²) < 4.78 is 21.7. The molecule has 0 aliphatic rings. The van der Waals surface area contributed by atoms with Gasteiger partial charge in [0.25, 0.3) is 0 Å². The fourth-order valence-electron chi connectivity index (χ4n) is 2.71. The van der Waals surface area contributed by atoms with Gasteiger partial charge in [0.15, 0.2) is 17.2 Å². The van der Waals surface area contributed by atoms with Gasteiger partial charge in [-0.15, -0.1) is 5.10 Å². The van der Waals surface area contributed by atoms with Gasteiger partial charge >= 0.3 is 5.97 Å². The number of ether oxygens (including phenoxy) is 4. The SMILES string of the molecule is CCOC(=O)c1n[nH]nc1-c1ccc(OC)c(COc2ccccc2OC)c1. The van der Waals surface area contributed by atoms with Crippen LogP contribution < -0.4 is 14.2 Å². The minimum atomic E-state index is -0.533. The van der Waals surface area contributed by atoms with Gasteiger partial charge in [0.2, 0.25) is 0 Å². The average molecular weight is 383 g/mol. The number of aromatic amines is 1. The molecule has 3 rings (SSSR count). The van der Waals surface area contributed by atoms with Gasteiger partial charge in [-0.3, -0.25) is 0 Å². The molecule has 0 saturated heterocycles. The van der Waals surface area contributed by atoms with Crippen LogP contribution in [0.5, 0.6) is 17.2 Å². The van der Waals surface area contributed by atoms with Crippen LogP contribution in [-0.2, 0) is 11.3 Å². The number of carbonyl (C=O) groups excluding carboxylic acids is 1. The molecule has 0 amide bonds. The molecule has 0 aliphatic carbocycles. The summed E-state index contributed by atoms with van der Waals surface area (Å²) in [4.78, 5) is 12.1. The minimum Gasteiger partial charge on any atom is -0.496 e. The molecule has 0 atom stereocenters. The van der Waals surface area contributed by atoms with Gasteiger partial charge in [-0.05, 0) is 37.3 Å². The zero-order valence-corrected chi connectivity index (χ0v) is 15.9. The predicted octanol–water partition coefficient (Wildman–Crippen LogP) is 3.24. The van der Waals surface area contributed by atoms with Crippen LogP contribution in [0, 0.1) is 0 Å². The van der Waals surface area contributed by atoms with Crippen molar-refractivity contribution in [3.8, 4) is 28.5 Å². The first-order valence-corrected chi connectivity index (χ1v) is 8.68. The zero-order valence-electron chi connectivity index (χ0n) is 15.9. The lowest BCUT2D eigenvalue weighted by Gasteiger charge is -2.13. The van der Waals surface area contributed by atoms with E-state index in [1.807, 2.05) is 30.3 Å². The molecule has 0 spiro atoms. The molecule has 1 aromatic heterocycles. The maximum Gasteiger partial charge on any atom is 0.361 e. The summed E-state index contributed by atoms with van der Waals surface area (Å²) in [6, 6.07) is 12.8. The molecular weight excluding hydrogens is 362 g/mol. The second-order valence-corrected chi connectivity index (χ2v) is 5.71. The first-order valence-electron chi connectivity index (χ1n) is 8.68. The quantitative estimate of drug-likeness (QED) is 0.597. The number of nitrogens with zero attached hydrogens (tertiary/aromatic N) is 2. The van der Waals surface area contributed by atoms with E-state index in [9.17, 15) is 4.79 Å². The van der Waals surface area contributed by atoms with Gasteiger partial charge in [-0.1, -0.05) is 12.1 Å². The number of hydrogen-bond acceptors (Lipinski definition) is 7. The molecule has 0 saturated carbocycles. The third-order valence-electron chi connectivity index (χ3n) is 4.02.